The summed E-state index contributed by atoms with van der Waals surface area (Å²) < 4.78 is 0. The number of nitrogens with zero attached hydrogens (tertiary/aromatic N) is 2. The topological polar surface area (TPSA) is 56.4 Å². The van der Waals surface area contributed by atoms with Crippen molar-refractivity contribution in [2.45, 2.75) is 45.7 Å². The Morgan fingerprint density at radius 3 is 2.76 bits per heavy atom. The number of rotatable bonds is 3. The van der Waals surface area contributed by atoms with E-state index in [1.165, 1.54) is 10.9 Å². The molecule has 2 atom stereocenters. The fraction of sp³-hybridized carbons (Fsp3) is 0.500. The van der Waals surface area contributed by atoms with Gasteiger partial charge in [-0.3, -0.25) is 9.59 Å². The lowest BCUT2D eigenvalue weighted by Crippen LogP contribution is -2.62. The van der Waals surface area contributed by atoms with Crippen LogP contribution in [-0.4, -0.2) is 45.7 Å². The van der Waals surface area contributed by atoms with E-state index in [0.29, 0.717) is 18.9 Å². The molecule has 0 radical (unpaired) electrons. The quantitative estimate of drug-likeness (QED) is 0.935. The van der Waals surface area contributed by atoms with Gasteiger partial charge in [-0.15, -0.1) is 0 Å². The van der Waals surface area contributed by atoms with E-state index in [0.717, 1.165) is 24.2 Å². The second-order valence-electron chi connectivity index (χ2n) is 7.69. The Kier molecular flexibility index (Phi) is 3.82. The number of fused-ring (bicyclic) bond motifs is 6. The lowest BCUT2D eigenvalue weighted by atomic mass is 9.87. The van der Waals surface area contributed by atoms with Crippen LogP contribution in [0.3, 0.4) is 0 Å². The van der Waals surface area contributed by atoms with Crippen LogP contribution in [0.4, 0.5) is 0 Å². The highest BCUT2D eigenvalue weighted by Gasteiger charge is 2.47. The van der Waals surface area contributed by atoms with Gasteiger partial charge in [0.05, 0.1) is 6.04 Å². The number of para-hydroxylation sites is 1. The first-order valence-corrected chi connectivity index (χ1v) is 9.14. The minimum absolute atomic E-state index is 0.0174. The zero-order valence-corrected chi connectivity index (χ0v) is 15.1. The minimum Gasteiger partial charge on any atom is -0.356 e. The molecule has 132 valence electrons. The predicted octanol–water partition coefficient (Wildman–Crippen LogP) is 2.87. The van der Waals surface area contributed by atoms with Gasteiger partial charge < -0.3 is 14.8 Å². The van der Waals surface area contributed by atoms with Crippen LogP contribution in [0.2, 0.25) is 0 Å². The zero-order valence-electron chi connectivity index (χ0n) is 15.1. The molecule has 3 heterocycles. The van der Waals surface area contributed by atoms with Gasteiger partial charge in [0.2, 0.25) is 11.8 Å². The summed E-state index contributed by atoms with van der Waals surface area (Å²) in [6, 6.07) is 7.78. The van der Waals surface area contributed by atoms with Gasteiger partial charge in [-0.05, 0) is 24.0 Å². The van der Waals surface area contributed by atoms with Crippen molar-refractivity contribution in [1.29, 1.82) is 0 Å². The van der Waals surface area contributed by atoms with Gasteiger partial charge >= 0.3 is 0 Å². The lowest BCUT2D eigenvalue weighted by Gasteiger charge is -2.48. The highest BCUT2D eigenvalue weighted by molar-refractivity contribution is 5.93. The SMILES string of the molecule is CC(=O)N1C2Cc3c([nH]c4ccccc34)[C@H]1CN(CCC(C)C)C2=O. The summed E-state index contributed by atoms with van der Waals surface area (Å²) in [4.78, 5) is 32.6. The molecule has 1 aromatic heterocycles. The Bertz CT molecular complexity index is 839. The fourth-order valence-corrected chi connectivity index (χ4v) is 4.32. The molecule has 1 saturated heterocycles. The molecule has 5 heteroatoms. The molecular formula is C20H25N3O2. The van der Waals surface area contributed by atoms with Gasteiger partial charge in [-0.1, -0.05) is 32.0 Å². The number of benzene rings is 1. The molecule has 2 amide bonds. The van der Waals surface area contributed by atoms with Gasteiger partial charge in [0, 0.05) is 43.0 Å². The van der Waals surface area contributed by atoms with Gasteiger partial charge in [-0.2, -0.15) is 0 Å². The number of aromatic nitrogens is 1. The van der Waals surface area contributed by atoms with E-state index in [1.54, 1.807) is 11.8 Å². The minimum atomic E-state index is -0.366. The molecule has 1 aromatic carbocycles. The maximum Gasteiger partial charge on any atom is 0.245 e. The normalized spacial score (nSPS) is 22.6. The molecule has 1 N–H and O–H groups in total. The molecular weight excluding hydrogens is 314 g/mol. The van der Waals surface area contributed by atoms with E-state index in [-0.39, 0.29) is 23.9 Å². The number of H-pyrrole nitrogens is 1. The largest absolute Gasteiger partial charge is 0.356 e. The summed E-state index contributed by atoms with van der Waals surface area (Å²) in [6.45, 7) is 7.27. The van der Waals surface area contributed by atoms with Gasteiger partial charge in [0.25, 0.3) is 0 Å². The molecule has 2 bridgehead atoms. The van der Waals surface area contributed by atoms with Crippen molar-refractivity contribution in [3.05, 3.63) is 35.5 Å². The zero-order chi connectivity index (χ0) is 17.7. The molecule has 2 aliphatic heterocycles. The van der Waals surface area contributed by atoms with Crippen molar-refractivity contribution in [1.82, 2.24) is 14.8 Å². The molecule has 2 aromatic rings. The summed E-state index contributed by atoms with van der Waals surface area (Å²) in [7, 11) is 0. The summed E-state index contributed by atoms with van der Waals surface area (Å²) in [5.41, 5.74) is 3.40. The summed E-state index contributed by atoms with van der Waals surface area (Å²) in [5.74, 6) is 0.640. The predicted molar refractivity (Wildman–Crippen MR) is 97.1 cm³/mol. The average molecular weight is 339 g/mol. The highest BCUT2D eigenvalue weighted by atomic mass is 16.2. The van der Waals surface area contributed by atoms with Crippen molar-refractivity contribution in [3.63, 3.8) is 0 Å². The highest BCUT2D eigenvalue weighted by Crippen LogP contribution is 2.40. The van der Waals surface area contributed by atoms with E-state index >= 15 is 0 Å². The molecule has 2 aliphatic rings. The summed E-state index contributed by atoms with van der Waals surface area (Å²) in [5, 5.41) is 1.18. The second kappa shape index (κ2) is 5.90. The van der Waals surface area contributed by atoms with Crippen LogP contribution in [0.15, 0.2) is 24.3 Å². The van der Waals surface area contributed by atoms with Crippen LogP contribution in [0, 0.1) is 5.92 Å². The fourth-order valence-electron chi connectivity index (χ4n) is 4.32. The first-order chi connectivity index (χ1) is 12.0. The first-order valence-electron chi connectivity index (χ1n) is 9.14. The third kappa shape index (κ3) is 2.53. The number of amides is 2. The van der Waals surface area contributed by atoms with Crippen molar-refractivity contribution >= 4 is 22.7 Å². The van der Waals surface area contributed by atoms with Crippen LogP contribution < -0.4 is 0 Å². The van der Waals surface area contributed by atoms with Crippen LogP contribution >= 0.6 is 0 Å². The molecule has 1 fully saturated rings. The number of piperazine rings is 1. The molecule has 25 heavy (non-hydrogen) atoms. The smallest absolute Gasteiger partial charge is 0.245 e. The molecule has 1 unspecified atom stereocenters. The average Bonchev–Trinajstić information content (AvgIpc) is 2.94. The molecule has 0 saturated carbocycles. The molecule has 4 rings (SSSR count). The Hall–Kier alpha value is -2.30. The van der Waals surface area contributed by atoms with Gasteiger partial charge in [-0.25, -0.2) is 0 Å². The van der Waals surface area contributed by atoms with E-state index in [1.807, 2.05) is 17.0 Å². The second-order valence-corrected chi connectivity index (χ2v) is 7.69. The van der Waals surface area contributed by atoms with Crippen LogP contribution in [0.5, 0.6) is 0 Å². The summed E-state index contributed by atoms with van der Waals surface area (Å²) in [6.07, 6.45) is 1.59. The maximum atomic E-state index is 13.1. The van der Waals surface area contributed by atoms with Crippen LogP contribution in [0.25, 0.3) is 10.9 Å². The molecule has 0 aliphatic carbocycles. The first kappa shape index (κ1) is 16.2. The lowest BCUT2D eigenvalue weighted by molar-refractivity contribution is -0.156. The van der Waals surface area contributed by atoms with Crippen molar-refractivity contribution < 1.29 is 9.59 Å². The Morgan fingerprint density at radius 2 is 2.04 bits per heavy atom. The van der Waals surface area contributed by atoms with Gasteiger partial charge in [0.15, 0.2) is 0 Å². The van der Waals surface area contributed by atoms with Crippen molar-refractivity contribution in [3.8, 4) is 0 Å². The Balaban J connectivity index is 1.77. The van der Waals surface area contributed by atoms with Crippen LogP contribution in [0.1, 0.15) is 44.5 Å². The van der Waals surface area contributed by atoms with Crippen molar-refractivity contribution in [2.75, 3.05) is 13.1 Å². The Labute approximate surface area is 148 Å². The number of nitrogens with one attached hydrogen (secondary N) is 1. The number of carbonyl (C=O) groups excluding carboxylic acids is 2. The number of carbonyl (C=O) groups is 2. The maximum absolute atomic E-state index is 13.1. The number of hydrogen-bond acceptors (Lipinski definition) is 2. The molecule has 0 spiro atoms. The number of hydrogen-bond donors (Lipinski definition) is 1. The number of aromatic amines is 1. The monoisotopic (exact) mass is 339 g/mol. The van der Waals surface area contributed by atoms with Gasteiger partial charge in [0.1, 0.15) is 6.04 Å². The van der Waals surface area contributed by atoms with E-state index in [9.17, 15) is 9.59 Å². The standard InChI is InChI=1S/C20H25N3O2/c1-12(2)8-9-22-11-18-19-15(14-6-4-5-7-16(14)21-19)10-17(20(22)25)23(18)13(3)24/h4-7,12,17-18,21H,8-11H2,1-3H3/t17?,18-/m1/s1. The van der Waals surface area contributed by atoms with Crippen molar-refractivity contribution in [2.24, 2.45) is 5.92 Å². The third-order valence-corrected chi connectivity index (χ3v) is 5.58. The van der Waals surface area contributed by atoms with E-state index in [4.69, 9.17) is 0 Å². The third-order valence-electron chi connectivity index (χ3n) is 5.58. The molecule has 5 nitrogen and oxygen atoms in total. The van der Waals surface area contributed by atoms with Crippen LogP contribution in [-0.2, 0) is 16.0 Å². The van der Waals surface area contributed by atoms with E-state index in [2.05, 4.69) is 31.0 Å². The Morgan fingerprint density at radius 1 is 1.28 bits per heavy atom. The van der Waals surface area contributed by atoms with E-state index < -0.39 is 0 Å². The summed E-state index contributed by atoms with van der Waals surface area (Å²) >= 11 is 0.